The van der Waals surface area contributed by atoms with E-state index < -0.39 is 0 Å². The van der Waals surface area contributed by atoms with Crippen LogP contribution in [0.4, 0.5) is 0 Å². The Morgan fingerprint density at radius 1 is 1.09 bits per heavy atom. The Morgan fingerprint density at radius 2 is 1.61 bits per heavy atom. The Morgan fingerprint density at radius 3 is 2.09 bits per heavy atom. The Balaban J connectivity index is 1.60. The van der Waals surface area contributed by atoms with Gasteiger partial charge in [-0.2, -0.15) is 0 Å². The smallest absolute Gasteiger partial charge is 0.233 e. The van der Waals surface area contributed by atoms with E-state index >= 15 is 0 Å². The van der Waals surface area contributed by atoms with Gasteiger partial charge in [-0.25, -0.2) is 0 Å². The molecule has 0 N–H and O–H groups in total. The molecule has 5 nitrogen and oxygen atoms in total. The van der Waals surface area contributed by atoms with Gasteiger partial charge in [0.15, 0.2) is 0 Å². The largest absolute Gasteiger partial charge is 0.343 e. The minimum Gasteiger partial charge on any atom is -0.343 e. The zero-order valence-corrected chi connectivity index (χ0v) is 14.0. The fraction of sp³-hybridized carbons (Fsp3) is 0.722. The van der Waals surface area contributed by atoms with Crippen LogP contribution >= 0.6 is 0 Å². The third-order valence-electron chi connectivity index (χ3n) is 5.45. The molecule has 3 amide bonds. The highest BCUT2D eigenvalue weighted by Crippen LogP contribution is 2.52. The number of hydrogen-bond acceptors (Lipinski definition) is 3. The Hall–Kier alpha value is -1.65. The quantitative estimate of drug-likeness (QED) is 0.531. The van der Waals surface area contributed by atoms with Crippen LogP contribution in [-0.4, -0.2) is 47.2 Å². The van der Waals surface area contributed by atoms with Crippen molar-refractivity contribution >= 4 is 17.7 Å². The predicted octanol–water partition coefficient (Wildman–Crippen LogP) is 1.83. The minimum absolute atomic E-state index is 0.0486. The molecular weight excluding hydrogens is 292 g/mol. The summed E-state index contributed by atoms with van der Waals surface area (Å²) in [6, 6.07) is 0. The summed E-state index contributed by atoms with van der Waals surface area (Å²) in [7, 11) is 0. The fourth-order valence-corrected chi connectivity index (χ4v) is 4.45. The highest BCUT2D eigenvalue weighted by molar-refractivity contribution is 6.06. The monoisotopic (exact) mass is 318 g/mol. The van der Waals surface area contributed by atoms with Gasteiger partial charge in [0.25, 0.3) is 0 Å². The van der Waals surface area contributed by atoms with Crippen LogP contribution in [0.2, 0.25) is 0 Å². The van der Waals surface area contributed by atoms with Crippen LogP contribution in [0.25, 0.3) is 0 Å². The van der Waals surface area contributed by atoms with Crippen LogP contribution in [0, 0.1) is 23.7 Å². The lowest BCUT2D eigenvalue weighted by Crippen LogP contribution is -2.38. The van der Waals surface area contributed by atoms with Gasteiger partial charge < -0.3 is 4.90 Å². The maximum absolute atomic E-state index is 12.6. The summed E-state index contributed by atoms with van der Waals surface area (Å²) in [6.07, 6.45) is 7.23. The van der Waals surface area contributed by atoms with Crippen molar-refractivity contribution in [3.8, 4) is 0 Å². The second kappa shape index (κ2) is 6.46. The Labute approximate surface area is 137 Å². The molecule has 1 heterocycles. The average Bonchev–Trinajstić information content (AvgIpc) is 3.20. The summed E-state index contributed by atoms with van der Waals surface area (Å²) < 4.78 is 0. The van der Waals surface area contributed by atoms with E-state index in [1.54, 1.807) is 0 Å². The van der Waals surface area contributed by atoms with Crippen LogP contribution in [0.3, 0.4) is 0 Å². The standard InChI is InChI=1S/C18H26N2O3/c1-3-8-19(9-4-2)14(21)7-10-20-17(22)15-12-5-6-13(11-12)16(15)18(20)23/h5-6,12-13,15-16H,3-4,7-11H2,1-2H3/t12-,13-,15-,16-/m0/s1. The number of likely N-dealkylation sites (tertiary alicyclic amines) is 1. The lowest BCUT2D eigenvalue weighted by atomic mass is 9.85. The lowest BCUT2D eigenvalue weighted by molar-refractivity contribution is -0.141. The maximum Gasteiger partial charge on any atom is 0.233 e. The third kappa shape index (κ3) is 2.70. The van der Waals surface area contributed by atoms with Crippen molar-refractivity contribution in [3.63, 3.8) is 0 Å². The number of nitrogens with zero attached hydrogens (tertiary/aromatic N) is 2. The molecular formula is C18H26N2O3. The molecule has 126 valence electrons. The van der Waals surface area contributed by atoms with E-state index in [1.807, 2.05) is 18.7 Å². The van der Waals surface area contributed by atoms with Crippen LogP contribution < -0.4 is 0 Å². The van der Waals surface area contributed by atoms with E-state index in [0.29, 0.717) is 0 Å². The van der Waals surface area contributed by atoms with Crippen LogP contribution in [0.5, 0.6) is 0 Å². The van der Waals surface area contributed by atoms with Crippen molar-refractivity contribution < 1.29 is 14.4 Å². The van der Waals surface area contributed by atoms with Crippen molar-refractivity contribution in [2.75, 3.05) is 19.6 Å². The Bertz CT molecular complexity index is 506. The van der Waals surface area contributed by atoms with Crippen molar-refractivity contribution in [2.24, 2.45) is 23.7 Å². The number of fused-ring (bicyclic) bond motifs is 5. The van der Waals surface area contributed by atoms with Gasteiger partial charge in [-0.1, -0.05) is 26.0 Å². The molecule has 3 rings (SSSR count). The molecule has 1 saturated carbocycles. The van der Waals surface area contributed by atoms with E-state index in [9.17, 15) is 14.4 Å². The second-order valence-electron chi connectivity index (χ2n) is 6.96. The average molecular weight is 318 g/mol. The molecule has 0 aromatic carbocycles. The predicted molar refractivity (Wildman–Crippen MR) is 86.2 cm³/mol. The van der Waals surface area contributed by atoms with Gasteiger partial charge >= 0.3 is 0 Å². The van der Waals surface area contributed by atoms with Crippen LogP contribution in [0.1, 0.15) is 39.5 Å². The maximum atomic E-state index is 12.6. The van der Waals surface area contributed by atoms with Gasteiger partial charge in [-0.3, -0.25) is 19.3 Å². The number of carbonyl (C=O) groups excluding carboxylic acids is 3. The minimum atomic E-state index is -0.157. The summed E-state index contributed by atoms with van der Waals surface area (Å²) in [5.41, 5.74) is 0. The first kappa shape index (κ1) is 16.2. The molecule has 0 radical (unpaired) electrons. The van der Waals surface area contributed by atoms with Gasteiger partial charge in [-0.05, 0) is 31.1 Å². The van der Waals surface area contributed by atoms with E-state index in [-0.39, 0.29) is 54.4 Å². The Kier molecular flexibility index (Phi) is 4.55. The topological polar surface area (TPSA) is 57.7 Å². The zero-order valence-electron chi connectivity index (χ0n) is 14.0. The van der Waals surface area contributed by atoms with Crippen molar-refractivity contribution in [2.45, 2.75) is 39.5 Å². The number of amides is 3. The lowest BCUT2D eigenvalue weighted by Gasteiger charge is -2.23. The first-order valence-corrected chi connectivity index (χ1v) is 8.89. The molecule has 4 atom stereocenters. The number of carbonyl (C=O) groups is 3. The highest BCUT2D eigenvalue weighted by atomic mass is 16.2. The molecule has 1 aliphatic heterocycles. The molecule has 0 spiro atoms. The number of hydrogen-bond donors (Lipinski definition) is 0. The zero-order chi connectivity index (χ0) is 16.6. The molecule has 2 aliphatic carbocycles. The SMILES string of the molecule is CCCN(CCC)C(=O)CCN1C(=O)[C@@H]2[C@@H](C1=O)[C@H]1C=C[C@H]2C1. The van der Waals surface area contributed by atoms with E-state index in [0.717, 1.165) is 32.4 Å². The number of allylic oxidation sites excluding steroid dienone is 2. The van der Waals surface area contributed by atoms with Crippen LogP contribution in [-0.2, 0) is 14.4 Å². The molecule has 2 bridgehead atoms. The third-order valence-corrected chi connectivity index (χ3v) is 5.45. The molecule has 5 heteroatoms. The van der Waals surface area contributed by atoms with Gasteiger partial charge in [0.2, 0.25) is 17.7 Å². The van der Waals surface area contributed by atoms with E-state index in [4.69, 9.17) is 0 Å². The molecule has 1 saturated heterocycles. The highest BCUT2D eigenvalue weighted by Gasteiger charge is 2.59. The van der Waals surface area contributed by atoms with E-state index in [2.05, 4.69) is 12.2 Å². The summed E-state index contributed by atoms with van der Waals surface area (Å²) in [5.74, 6) is 0.0967. The van der Waals surface area contributed by atoms with E-state index in [1.165, 1.54) is 4.90 Å². The van der Waals surface area contributed by atoms with Gasteiger partial charge in [0, 0.05) is 26.1 Å². The van der Waals surface area contributed by atoms with Crippen LogP contribution in [0.15, 0.2) is 12.2 Å². The van der Waals surface area contributed by atoms with Crippen molar-refractivity contribution in [1.29, 1.82) is 0 Å². The first-order valence-electron chi connectivity index (χ1n) is 8.89. The van der Waals surface area contributed by atoms with Gasteiger partial charge in [0.05, 0.1) is 11.8 Å². The molecule has 2 fully saturated rings. The van der Waals surface area contributed by atoms with Gasteiger partial charge in [0.1, 0.15) is 0 Å². The van der Waals surface area contributed by atoms with Gasteiger partial charge in [-0.15, -0.1) is 0 Å². The normalized spacial score (nSPS) is 31.1. The summed E-state index contributed by atoms with van der Waals surface area (Å²) in [4.78, 5) is 40.7. The summed E-state index contributed by atoms with van der Waals surface area (Å²) >= 11 is 0. The fourth-order valence-electron chi connectivity index (χ4n) is 4.45. The molecule has 3 aliphatic rings. The number of rotatable bonds is 7. The molecule has 0 aromatic rings. The first-order chi connectivity index (χ1) is 11.1. The number of imide groups is 1. The second-order valence-corrected chi connectivity index (χ2v) is 6.96. The molecule has 0 aromatic heterocycles. The molecule has 0 unspecified atom stereocenters. The summed E-state index contributed by atoms with van der Waals surface area (Å²) in [5, 5.41) is 0. The molecule has 23 heavy (non-hydrogen) atoms. The van der Waals surface area contributed by atoms with Crippen molar-refractivity contribution in [3.05, 3.63) is 12.2 Å². The van der Waals surface area contributed by atoms with Crippen molar-refractivity contribution in [1.82, 2.24) is 9.80 Å². The summed E-state index contributed by atoms with van der Waals surface area (Å²) in [6.45, 7) is 5.83.